The zero-order valence-corrected chi connectivity index (χ0v) is 14.6. The van der Waals surface area contributed by atoms with Gasteiger partial charge in [0, 0.05) is 0 Å². The molecule has 132 valence electrons. The molecule has 1 atom stereocenters. The van der Waals surface area contributed by atoms with Crippen LogP contribution in [0, 0.1) is 0 Å². The van der Waals surface area contributed by atoms with E-state index in [1.54, 1.807) is 58.0 Å². The van der Waals surface area contributed by atoms with Crippen molar-refractivity contribution in [2.45, 2.75) is 52.4 Å². The van der Waals surface area contributed by atoms with Crippen molar-refractivity contribution in [2.75, 3.05) is 0 Å². The summed E-state index contributed by atoms with van der Waals surface area (Å²) in [5.74, 6) is 0. The summed E-state index contributed by atoms with van der Waals surface area (Å²) in [5, 5.41) is 0.847. The quantitative estimate of drug-likeness (QED) is 0.660. The van der Waals surface area contributed by atoms with E-state index in [4.69, 9.17) is 9.47 Å². The molecular formula is C17H24N2O5. The number of rotatable bonds is 5. The molecule has 0 aromatic heterocycles. The molecule has 1 rings (SSSR count). The highest BCUT2D eigenvalue weighted by atomic mass is 16.6. The monoisotopic (exact) mass is 336 g/mol. The number of hydrazine groups is 1. The molecule has 0 aliphatic rings. The van der Waals surface area contributed by atoms with Gasteiger partial charge in [0.2, 0.25) is 0 Å². The van der Waals surface area contributed by atoms with Gasteiger partial charge in [0.1, 0.15) is 5.54 Å². The predicted molar refractivity (Wildman–Crippen MR) is 88.1 cm³/mol. The number of nitrogens with one attached hydrogen (secondary N) is 1. The fourth-order valence-electron chi connectivity index (χ4n) is 1.96. The van der Waals surface area contributed by atoms with Crippen molar-refractivity contribution >= 4 is 18.5 Å². The molecule has 0 saturated carbocycles. The van der Waals surface area contributed by atoms with E-state index >= 15 is 0 Å². The van der Waals surface area contributed by atoms with Gasteiger partial charge in [-0.3, -0.25) is 0 Å². The van der Waals surface area contributed by atoms with Crippen LogP contribution in [0.1, 0.15) is 40.2 Å². The highest BCUT2D eigenvalue weighted by Gasteiger charge is 2.40. The number of carbonyl (C=O) groups excluding carboxylic acids is 3. The topological polar surface area (TPSA) is 84.9 Å². The molecule has 1 unspecified atom stereocenters. The summed E-state index contributed by atoms with van der Waals surface area (Å²) >= 11 is 0. The van der Waals surface area contributed by atoms with Crippen LogP contribution >= 0.6 is 0 Å². The summed E-state index contributed by atoms with van der Waals surface area (Å²) in [6.45, 7) is 8.19. The summed E-state index contributed by atoms with van der Waals surface area (Å²) in [6, 6.07) is 8.61. The molecule has 1 aromatic rings. The lowest BCUT2D eigenvalue weighted by atomic mass is 9.93. The second-order valence-electron chi connectivity index (χ2n) is 5.97. The molecule has 24 heavy (non-hydrogen) atoms. The first-order chi connectivity index (χ1) is 11.2. The van der Waals surface area contributed by atoms with Gasteiger partial charge in [-0.25, -0.2) is 15.0 Å². The summed E-state index contributed by atoms with van der Waals surface area (Å²) in [6.07, 6.45) is -1.94. The second-order valence-corrected chi connectivity index (χ2v) is 5.97. The van der Waals surface area contributed by atoms with Crippen molar-refractivity contribution in [2.24, 2.45) is 0 Å². The van der Waals surface area contributed by atoms with E-state index in [2.05, 4.69) is 5.43 Å². The van der Waals surface area contributed by atoms with Crippen molar-refractivity contribution < 1.29 is 23.9 Å². The highest BCUT2D eigenvalue weighted by Crippen LogP contribution is 2.26. The van der Waals surface area contributed by atoms with Crippen LogP contribution in [0.2, 0.25) is 0 Å². The molecule has 0 spiro atoms. The van der Waals surface area contributed by atoms with Crippen molar-refractivity contribution in [3.63, 3.8) is 0 Å². The lowest BCUT2D eigenvalue weighted by molar-refractivity contribution is -0.119. The Bertz CT molecular complexity index is 574. The number of benzene rings is 1. The summed E-state index contributed by atoms with van der Waals surface area (Å²) in [4.78, 5) is 36.2. The van der Waals surface area contributed by atoms with Crippen LogP contribution in [0.3, 0.4) is 0 Å². The van der Waals surface area contributed by atoms with Gasteiger partial charge in [0.15, 0.2) is 6.29 Å². The van der Waals surface area contributed by atoms with Crippen LogP contribution in [0.15, 0.2) is 30.3 Å². The third kappa shape index (κ3) is 4.97. The molecule has 1 N–H and O–H groups in total. The maximum atomic E-state index is 12.4. The smallest absolute Gasteiger partial charge is 0.430 e. The molecule has 7 nitrogen and oxygen atoms in total. The van der Waals surface area contributed by atoms with Crippen LogP contribution < -0.4 is 5.43 Å². The number of hydrogen-bond acceptors (Lipinski definition) is 5. The molecule has 7 heteroatoms. The zero-order valence-electron chi connectivity index (χ0n) is 14.6. The fourth-order valence-corrected chi connectivity index (χ4v) is 1.96. The van der Waals surface area contributed by atoms with Crippen molar-refractivity contribution in [1.29, 1.82) is 0 Å². The number of hydrogen-bond donors (Lipinski definition) is 1. The van der Waals surface area contributed by atoms with Crippen molar-refractivity contribution in [3.05, 3.63) is 35.9 Å². The predicted octanol–water partition coefficient (Wildman–Crippen LogP) is 3.00. The Balaban J connectivity index is 3.20. The lowest BCUT2D eigenvalue weighted by Gasteiger charge is -2.36. The van der Waals surface area contributed by atoms with Crippen LogP contribution in [-0.2, 0) is 19.8 Å². The van der Waals surface area contributed by atoms with Crippen molar-refractivity contribution in [1.82, 2.24) is 10.4 Å². The summed E-state index contributed by atoms with van der Waals surface area (Å²) in [5.41, 5.74) is 1.37. The van der Waals surface area contributed by atoms with Crippen LogP contribution in [-0.4, -0.2) is 35.7 Å². The first-order valence-electron chi connectivity index (χ1n) is 7.70. The van der Waals surface area contributed by atoms with Crippen molar-refractivity contribution in [3.8, 4) is 0 Å². The molecule has 1 aromatic carbocycles. The third-order valence-electron chi connectivity index (χ3n) is 3.12. The Kier molecular flexibility index (Phi) is 6.76. The van der Waals surface area contributed by atoms with E-state index in [0.29, 0.717) is 11.8 Å². The highest BCUT2D eigenvalue weighted by molar-refractivity contribution is 5.80. The van der Waals surface area contributed by atoms with E-state index in [9.17, 15) is 14.4 Å². The Labute approximate surface area is 141 Å². The van der Waals surface area contributed by atoms with Crippen LogP contribution in [0.5, 0.6) is 0 Å². The molecule has 2 amide bonds. The van der Waals surface area contributed by atoms with Gasteiger partial charge in [-0.2, -0.15) is 5.01 Å². The summed E-state index contributed by atoms with van der Waals surface area (Å²) in [7, 11) is 0. The molecule has 0 heterocycles. The normalized spacial score (nSPS) is 13.1. The van der Waals surface area contributed by atoms with Gasteiger partial charge in [-0.05, 0) is 40.2 Å². The van der Waals surface area contributed by atoms with E-state index in [1.807, 2.05) is 0 Å². The molecule has 0 fully saturated rings. The lowest BCUT2D eigenvalue weighted by Crippen LogP contribution is -2.58. The van der Waals surface area contributed by atoms with Gasteiger partial charge in [0.25, 0.3) is 0 Å². The van der Waals surface area contributed by atoms with E-state index in [-0.39, 0.29) is 6.10 Å². The maximum absolute atomic E-state index is 12.4. The van der Waals surface area contributed by atoms with Gasteiger partial charge >= 0.3 is 12.2 Å². The molecule has 0 radical (unpaired) electrons. The Morgan fingerprint density at radius 3 is 2.08 bits per heavy atom. The molecule has 0 bridgehead atoms. The average Bonchev–Trinajstić information content (AvgIpc) is 2.51. The zero-order chi connectivity index (χ0) is 18.3. The number of nitrogens with zero attached hydrogens (tertiary/aromatic N) is 1. The Morgan fingerprint density at radius 2 is 1.62 bits per heavy atom. The van der Waals surface area contributed by atoms with Gasteiger partial charge in [-0.1, -0.05) is 30.3 Å². The molecular weight excluding hydrogens is 312 g/mol. The number of amides is 2. The molecule has 0 aliphatic carbocycles. The second kappa shape index (κ2) is 8.33. The van der Waals surface area contributed by atoms with E-state index in [0.717, 1.165) is 5.01 Å². The first-order valence-corrected chi connectivity index (χ1v) is 7.70. The molecule has 0 saturated heterocycles. The van der Waals surface area contributed by atoms with Crippen LogP contribution in [0.4, 0.5) is 9.59 Å². The third-order valence-corrected chi connectivity index (χ3v) is 3.12. The minimum Gasteiger partial charge on any atom is -0.446 e. The van der Waals surface area contributed by atoms with E-state index in [1.165, 1.54) is 6.92 Å². The fraction of sp³-hybridized carbons (Fsp3) is 0.471. The number of ether oxygens (including phenoxy) is 2. The Morgan fingerprint density at radius 1 is 1.08 bits per heavy atom. The minimum atomic E-state index is -1.46. The van der Waals surface area contributed by atoms with Gasteiger partial charge in [-0.15, -0.1) is 0 Å². The number of carbonyl (C=O) groups is 3. The maximum Gasteiger partial charge on any atom is 0.430 e. The van der Waals surface area contributed by atoms with Gasteiger partial charge in [0.05, 0.1) is 12.2 Å². The summed E-state index contributed by atoms with van der Waals surface area (Å²) < 4.78 is 10.1. The first kappa shape index (κ1) is 19.5. The minimum absolute atomic E-state index is 0.382. The SMILES string of the molecule is CC(C)OC(=O)NN(C(=O)OC(C)C)C(C)(C=O)c1ccccc1. The molecule has 0 aliphatic heterocycles. The number of aldehydes is 1. The average molecular weight is 336 g/mol. The van der Waals surface area contributed by atoms with Crippen LogP contribution in [0.25, 0.3) is 0 Å². The Hall–Kier alpha value is -2.57. The largest absolute Gasteiger partial charge is 0.446 e. The standard InChI is InChI=1S/C17H24N2O5/c1-12(2)23-15(21)18-19(16(22)24-13(3)4)17(5,11-20)14-9-7-6-8-10-14/h6-13H,1-5H3,(H,18,21). The van der Waals surface area contributed by atoms with E-state index < -0.39 is 23.8 Å². The van der Waals surface area contributed by atoms with Gasteiger partial charge < -0.3 is 14.3 Å².